The molecule has 2 aliphatic rings. The van der Waals surface area contributed by atoms with Crippen molar-refractivity contribution in [1.29, 1.82) is 0 Å². The molecular formula is C18H24N4O2S. The van der Waals surface area contributed by atoms with E-state index in [9.17, 15) is 8.42 Å². The SMILES string of the molecule is O=S(=O)(c1cnc[nH]1)N1CCC(CN2CCc3ccccc3C2)CC1. The number of piperidine rings is 1. The number of aromatic nitrogens is 2. The van der Waals surface area contributed by atoms with Crippen LogP contribution >= 0.6 is 0 Å². The number of H-pyrrole nitrogens is 1. The molecule has 1 aromatic carbocycles. The maximum Gasteiger partial charge on any atom is 0.260 e. The van der Waals surface area contributed by atoms with Crippen LogP contribution in [0, 0.1) is 5.92 Å². The Balaban J connectivity index is 1.33. The lowest BCUT2D eigenvalue weighted by Gasteiger charge is -2.36. The van der Waals surface area contributed by atoms with Crippen LogP contribution in [0.5, 0.6) is 0 Å². The summed E-state index contributed by atoms with van der Waals surface area (Å²) in [4.78, 5) is 9.06. The van der Waals surface area contributed by atoms with Gasteiger partial charge in [0.05, 0.1) is 12.5 Å². The summed E-state index contributed by atoms with van der Waals surface area (Å²) in [6.07, 6.45) is 5.75. The van der Waals surface area contributed by atoms with E-state index in [4.69, 9.17) is 0 Å². The maximum absolute atomic E-state index is 12.5. The van der Waals surface area contributed by atoms with Crippen LogP contribution in [-0.2, 0) is 23.0 Å². The molecule has 0 atom stereocenters. The van der Waals surface area contributed by atoms with Crippen LogP contribution in [-0.4, -0.2) is 53.8 Å². The van der Waals surface area contributed by atoms with Crippen LogP contribution in [0.15, 0.2) is 41.8 Å². The monoisotopic (exact) mass is 360 g/mol. The van der Waals surface area contributed by atoms with Crippen LogP contribution in [0.1, 0.15) is 24.0 Å². The molecule has 0 aliphatic carbocycles. The molecule has 6 nitrogen and oxygen atoms in total. The number of aromatic amines is 1. The second-order valence-corrected chi connectivity index (χ2v) is 8.92. The first-order chi connectivity index (χ1) is 12.1. The Kier molecular flexibility index (Phi) is 4.62. The van der Waals surface area contributed by atoms with Crippen molar-refractivity contribution in [2.45, 2.75) is 30.8 Å². The molecule has 2 aliphatic heterocycles. The topological polar surface area (TPSA) is 69.3 Å². The molecule has 0 unspecified atom stereocenters. The van der Waals surface area contributed by atoms with Crippen LogP contribution in [0.2, 0.25) is 0 Å². The van der Waals surface area contributed by atoms with Gasteiger partial charge < -0.3 is 4.98 Å². The predicted octanol–water partition coefficient (Wildman–Crippen LogP) is 1.87. The minimum absolute atomic E-state index is 0.193. The summed E-state index contributed by atoms with van der Waals surface area (Å²) in [5.74, 6) is 0.568. The van der Waals surface area contributed by atoms with Gasteiger partial charge in [0.15, 0.2) is 5.03 Å². The van der Waals surface area contributed by atoms with Gasteiger partial charge in [-0.3, -0.25) is 4.90 Å². The number of nitrogens with zero attached hydrogens (tertiary/aromatic N) is 3. The number of hydrogen-bond acceptors (Lipinski definition) is 4. The van der Waals surface area contributed by atoms with E-state index in [1.54, 1.807) is 4.31 Å². The Morgan fingerprint density at radius 2 is 1.88 bits per heavy atom. The Morgan fingerprint density at radius 3 is 2.60 bits per heavy atom. The van der Waals surface area contributed by atoms with Gasteiger partial charge in [0.1, 0.15) is 0 Å². The van der Waals surface area contributed by atoms with Crippen molar-refractivity contribution < 1.29 is 8.42 Å². The zero-order valence-corrected chi connectivity index (χ0v) is 15.1. The van der Waals surface area contributed by atoms with E-state index in [0.29, 0.717) is 19.0 Å². The largest absolute Gasteiger partial charge is 0.335 e. The molecule has 1 aromatic heterocycles. The quantitative estimate of drug-likeness (QED) is 0.904. The molecule has 0 radical (unpaired) electrons. The van der Waals surface area contributed by atoms with Crippen molar-refractivity contribution in [2.75, 3.05) is 26.2 Å². The maximum atomic E-state index is 12.5. The summed E-state index contributed by atoms with van der Waals surface area (Å²) in [6.45, 7) is 4.37. The second-order valence-electron chi connectivity index (χ2n) is 7.02. The van der Waals surface area contributed by atoms with Gasteiger partial charge in [-0.15, -0.1) is 0 Å². The zero-order valence-electron chi connectivity index (χ0n) is 14.3. The molecule has 0 spiro atoms. The van der Waals surface area contributed by atoms with Crippen LogP contribution < -0.4 is 0 Å². The van der Waals surface area contributed by atoms with Gasteiger partial charge in [-0.2, -0.15) is 4.31 Å². The number of fused-ring (bicyclic) bond motifs is 1. The van der Waals surface area contributed by atoms with Gasteiger partial charge in [-0.05, 0) is 36.3 Å². The Morgan fingerprint density at radius 1 is 1.12 bits per heavy atom. The minimum atomic E-state index is -3.41. The Labute approximate surface area is 148 Å². The van der Waals surface area contributed by atoms with Crippen LogP contribution in [0.3, 0.4) is 0 Å². The zero-order chi connectivity index (χ0) is 17.3. The average Bonchev–Trinajstić information content (AvgIpc) is 3.18. The first-order valence-electron chi connectivity index (χ1n) is 8.90. The third-order valence-corrected chi connectivity index (χ3v) is 7.21. The number of benzene rings is 1. The lowest BCUT2D eigenvalue weighted by atomic mass is 9.94. The lowest BCUT2D eigenvalue weighted by Crippen LogP contribution is -2.42. The van der Waals surface area contributed by atoms with E-state index in [-0.39, 0.29) is 5.03 Å². The second kappa shape index (κ2) is 6.90. The fraction of sp³-hybridized carbons (Fsp3) is 0.500. The minimum Gasteiger partial charge on any atom is -0.335 e. The molecule has 2 aromatic rings. The molecular weight excluding hydrogens is 336 g/mol. The van der Waals surface area contributed by atoms with Gasteiger partial charge in [-0.25, -0.2) is 13.4 Å². The average molecular weight is 360 g/mol. The molecule has 3 heterocycles. The van der Waals surface area contributed by atoms with Gasteiger partial charge in [0, 0.05) is 32.7 Å². The van der Waals surface area contributed by atoms with Crippen molar-refractivity contribution in [3.05, 3.63) is 47.9 Å². The summed E-state index contributed by atoms with van der Waals surface area (Å²) in [5, 5.41) is 0.193. The third-order valence-electron chi connectivity index (χ3n) is 5.39. The molecule has 1 saturated heterocycles. The van der Waals surface area contributed by atoms with Crippen molar-refractivity contribution >= 4 is 10.0 Å². The molecule has 0 saturated carbocycles. The number of hydrogen-bond donors (Lipinski definition) is 1. The molecule has 7 heteroatoms. The fourth-order valence-electron chi connectivity index (χ4n) is 3.93. The molecule has 4 rings (SSSR count). The summed E-state index contributed by atoms with van der Waals surface area (Å²) in [7, 11) is -3.41. The van der Waals surface area contributed by atoms with E-state index < -0.39 is 10.0 Å². The molecule has 0 bridgehead atoms. The van der Waals surface area contributed by atoms with Gasteiger partial charge in [-0.1, -0.05) is 24.3 Å². The molecule has 134 valence electrons. The van der Waals surface area contributed by atoms with Crippen molar-refractivity contribution in [3.8, 4) is 0 Å². The van der Waals surface area contributed by atoms with Gasteiger partial charge in [0.2, 0.25) is 0 Å². The van der Waals surface area contributed by atoms with Gasteiger partial charge >= 0.3 is 0 Å². The Hall–Kier alpha value is -1.70. The molecule has 0 amide bonds. The van der Waals surface area contributed by atoms with E-state index in [1.165, 1.54) is 23.7 Å². The fourth-order valence-corrected chi connectivity index (χ4v) is 5.30. The Bertz CT molecular complexity index is 811. The van der Waals surface area contributed by atoms with Gasteiger partial charge in [0.25, 0.3) is 10.0 Å². The van der Waals surface area contributed by atoms with E-state index >= 15 is 0 Å². The summed E-state index contributed by atoms with van der Waals surface area (Å²) in [6, 6.07) is 8.68. The summed E-state index contributed by atoms with van der Waals surface area (Å²) in [5.41, 5.74) is 2.91. The highest BCUT2D eigenvalue weighted by molar-refractivity contribution is 7.89. The highest BCUT2D eigenvalue weighted by Crippen LogP contribution is 2.25. The number of imidazole rings is 1. The number of sulfonamides is 1. The van der Waals surface area contributed by atoms with E-state index in [1.807, 2.05) is 0 Å². The first kappa shape index (κ1) is 16.8. The number of rotatable bonds is 4. The van der Waals surface area contributed by atoms with Crippen LogP contribution in [0.25, 0.3) is 0 Å². The predicted molar refractivity (Wildman–Crippen MR) is 95.5 cm³/mol. The van der Waals surface area contributed by atoms with Crippen molar-refractivity contribution in [1.82, 2.24) is 19.2 Å². The van der Waals surface area contributed by atoms with E-state index in [0.717, 1.165) is 38.9 Å². The molecule has 1 N–H and O–H groups in total. The summed E-state index contributed by atoms with van der Waals surface area (Å²) >= 11 is 0. The first-order valence-corrected chi connectivity index (χ1v) is 10.3. The normalized spacial score (nSPS) is 20.5. The standard InChI is InChI=1S/C18H24N4O2S/c23-25(24,18-11-19-14-20-18)22-9-5-15(6-10-22)12-21-8-7-16-3-1-2-4-17(16)13-21/h1-4,11,14-15H,5-10,12-13H2,(H,19,20). The highest BCUT2D eigenvalue weighted by Gasteiger charge is 2.31. The third kappa shape index (κ3) is 3.49. The smallest absolute Gasteiger partial charge is 0.260 e. The molecule has 25 heavy (non-hydrogen) atoms. The van der Waals surface area contributed by atoms with Crippen molar-refractivity contribution in [3.63, 3.8) is 0 Å². The van der Waals surface area contributed by atoms with Crippen molar-refractivity contribution in [2.24, 2.45) is 5.92 Å². The highest BCUT2D eigenvalue weighted by atomic mass is 32.2. The lowest BCUT2D eigenvalue weighted by molar-refractivity contribution is 0.171. The van der Waals surface area contributed by atoms with Crippen LogP contribution in [0.4, 0.5) is 0 Å². The number of nitrogens with one attached hydrogen (secondary N) is 1. The molecule has 1 fully saturated rings. The summed E-state index contributed by atoms with van der Waals surface area (Å²) < 4.78 is 26.6. The van der Waals surface area contributed by atoms with E-state index in [2.05, 4.69) is 39.1 Å².